The van der Waals surface area contributed by atoms with Gasteiger partial charge in [-0.1, -0.05) is 78.4 Å². The van der Waals surface area contributed by atoms with E-state index in [1.54, 1.807) is 11.8 Å². The van der Waals surface area contributed by atoms with E-state index in [1.165, 1.54) is 0 Å². The number of amides is 2. The molecule has 0 saturated carbocycles. The van der Waals surface area contributed by atoms with E-state index in [9.17, 15) is 9.59 Å². The van der Waals surface area contributed by atoms with Gasteiger partial charge in [0.25, 0.3) is 0 Å². The lowest BCUT2D eigenvalue weighted by molar-refractivity contribution is -0.122. The Hall–Kier alpha value is -3.40. The number of rotatable bonds is 7. The SMILES string of the molecule is CC(=O)N(CCNC(=O)C(c1ccccc1)c1ccccc1)c1ccc(C)cc1. The Labute approximate surface area is 172 Å². The number of hydrogen-bond donors (Lipinski definition) is 1. The van der Waals surface area contributed by atoms with E-state index in [1.807, 2.05) is 91.9 Å². The maximum atomic E-state index is 13.1. The topological polar surface area (TPSA) is 49.4 Å². The summed E-state index contributed by atoms with van der Waals surface area (Å²) in [5, 5.41) is 3.01. The molecule has 3 aromatic carbocycles. The van der Waals surface area contributed by atoms with Gasteiger partial charge >= 0.3 is 0 Å². The van der Waals surface area contributed by atoms with Crippen LogP contribution in [0.2, 0.25) is 0 Å². The maximum Gasteiger partial charge on any atom is 0.232 e. The summed E-state index contributed by atoms with van der Waals surface area (Å²) < 4.78 is 0. The molecule has 0 aromatic heterocycles. The van der Waals surface area contributed by atoms with Gasteiger partial charge < -0.3 is 10.2 Å². The summed E-state index contributed by atoms with van der Waals surface area (Å²) in [5.41, 5.74) is 3.86. The van der Waals surface area contributed by atoms with Gasteiger partial charge in [-0.3, -0.25) is 9.59 Å². The predicted molar refractivity (Wildman–Crippen MR) is 117 cm³/mol. The van der Waals surface area contributed by atoms with Crippen LogP contribution in [-0.4, -0.2) is 24.9 Å². The fourth-order valence-electron chi connectivity index (χ4n) is 3.37. The first-order chi connectivity index (χ1) is 14.1. The van der Waals surface area contributed by atoms with E-state index < -0.39 is 0 Å². The summed E-state index contributed by atoms with van der Waals surface area (Å²) in [4.78, 5) is 26.8. The molecule has 0 fully saturated rings. The molecule has 0 radical (unpaired) electrons. The third-order valence-electron chi connectivity index (χ3n) is 4.89. The normalized spacial score (nSPS) is 10.6. The first kappa shape index (κ1) is 20.3. The van der Waals surface area contributed by atoms with Crippen molar-refractivity contribution in [3.63, 3.8) is 0 Å². The average molecular weight is 386 g/mol. The van der Waals surface area contributed by atoms with Crippen LogP contribution in [0, 0.1) is 6.92 Å². The Kier molecular flexibility index (Phi) is 6.80. The summed E-state index contributed by atoms with van der Waals surface area (Å²) in [6.45, 7) is 4.34. The second-order valence-corrected chi connectivity index (χ2v) is 7.05. The molecule has 3 aromatic rings. The molecular formula is C25H26N2O2. The van der Waals surface area contributed by atoms with Crippen LogP contribution >= 0.6 is 0 Å². The largest absolute Gasteiger partial charge is 0.353 e. The highest BCUT2D eigenvalue weighted by molar-refractivity contribution is 5.92. The predicted octanol–water partition coefficient (Wildman–Crippen LogP) is 4.30. The molecule has 0 spiro atoms. The van der Waals surface area contributed by atoms with Crippen molar-refractivity contribution in [3.8, 4) is 0 Å². The lowest BCUT2D eigenvalue weighted by atomic mass is 9.90. The van der Waals surface area contributed by atoms with E-state index in [-0.39, 0.29) is 17.7 Å². The van der Waals surface area contributed by atoms with Gasteiger partial charge in [0.2, 0.25) is 11.8 Å². The lowest BCUT2D eigenvalue weighted by Gasteiger charge is -2.23. The van der Waals surface area contributed by atoms with Gasteiger partial charge in [0, 0.05) is 25.7 Å². The van der Waals surface area contributed by atoms with Crippen LogP contribution in [0.1, 0.15) is 29.5 Å². The zero-order valence-electron chi connectivity index (χ0n) is 16.8. The molecule has 0 aliphatic rings. The quantitative estimate of drug-likeness (QED) is 0.658. The van der Waals surface area contributed by atoms with Crippen molar-refractivity contribution in [1.29, 1.82) is 0 Å². The van der Waals surface area contributed by atoms with Crippen molar-refractivity contribution in [2.24, 2.45) is 0 Å². The zero-order chi connectivity index (χ0) is 20.6. The van der Waals surface area contributed by atoms with Gasteiger partial charge in [-0.05, 0) is 30.2 Å². The van der Waals surface area contributed by atoms with Crippen molar-refractivity contribution in [1.82, 2.24) is 5.32 Å². The first-order valence-corrected chi connectivity index (χ1v) is 9.78. The van der Waals surface area contributed by atoms with Crippen molar-refractivity contribution in [2.45, 2.75) is 19.8 Å². The number of nitrogens with one attached hydrogen (secondary N) is 1. The second-order valence-electron chi connectivity index (χ2n) is 7.05. The third kappa shape index (κ3) is 5.32. The van der Waals surface area contributed by atoms with Gasteiger partial charge in [-0.15, -0.1) is 0 Å². The number of aryl methyl sites for hydroxylation is 1. The van der Waals surface area contributed by atoms with Gasteiger partial charge in [0.1, 0.15) is 0 Å². The van der Waals surface area contributed by atoms with Gasteiger partial charge in [0.05, 0.1) is 5.92 Å². The molecule has 4 heteroatoms. The van der Waals surface area contributed by atoms with Crippen LogP contribution in [-0.2, 0) is 9.59 Å². The summed E-state index contributed by atoms with van der Waals surface area (Å²) in [5.74, 6) is -0.511. The fourth-order valence-corrected chi connectivity index (χ4v) is 3.37. The van der Waals surface area contributed by atoms with Crippen molar-refractivity contribution < 1.29 is 9.59 Å². The molecule has 148 valence electrons. The molecule has 0 unspecified atom stereocenters. The molecule has 0 atom stereocenters. The number of carbonyl (C=O) groups is 2. The summed E-state index contributed by atoms with van der Waals surface area (Å²) in [6.07, 6.45) is 0. The number of hydrogen-bond acceptors (Lipinski definition) is 2. The van der Waals surface area contributed by atoms with E-state index in [0.29, 0.717) is 13.1 Å². The molecule has 0 saturated heterocycles. The highest BCUT2D eigenvalue weighted by Crippen LogP contribution is 2.24. The fraction of sp³-hybridized carbons (Fsp3) is 0.200. The standard InChI is InChI=1S/C25H26N2O2/c1-19-13-15-23(16-14-19)27(20(2)28)18-17-26-25(29)24(21-9-5-3-6-10-21)22-11-7-4-8-12-22/h3-16,24H,17-18H2,1-2H3,(H,26,29). The maximum absolute atomic E-state index is 13.1. The highest BCUT2D eigenvalue weighted by atomic mass is 16.2. The molecule has 2 amide bonds. The molecule has 4 nitrogen and oxygen atoms in total. The minimum absolute atomic E-state index is 0.0502. The number of benzene rings is 3. The number of anilines is 1. The number of nitrogens with zero attached hydrogens (tertiary/aromatic N) is 1. The van der Waals surface area contributed by atoms with Crippen molar-refractivity contribution in [3.05, 3.63) is 102 Å². The monoisotopic (exact) mass is 386 g/mol. The zero-order valence-corrected chi connectivity index (χ0v) is 16.8. The Bertz CT molecular complexity index is 898. The minimum Gasteiger partial charge on any atom is -0.353 e. The first-order valence-electron chi connectivity index (χ1n) is 9.78. The van der Waals surface area contributed by atoms with Crippen molar-refractivity contribution in [2.75, 3.05) is 18.0 Å². The smallest absolute Gasteiger partial charge is 0.232 e. The highest BCUT2D eigenvalue weighted by Gasteiger charge is 2.22. The van der Waals surface area contributed by atoms with Crippen LogP contribution in [0.4, 0.5) is 5.69 Å². The van der Waals surface area contributed by atoms with E-state index in [0.717, 1.165) is 22.4 Å². The summed E-state index contributed by atoms with van der Waals surface area (Å²) in [7, 11) is 0. The van der Waals surface area contributed by atoms with Crippen LogP contribution in [0.5, 0.6) is 0 Å². The molecule has 29 heavy (non-hydrogen) atoms. The molecule has 0 heterocycles. The minimum atomic E-state index is -0.387. The molecule has 0 aliphatic carbocycles. The molecular weight excluding hydrogens is 360 g/mol. The molecule has 1 N–H and O–H groups in total. The lowest BCUT2D eigenvalue weighted by Crippen LogP contribution is -2.39. The van der Waals surface area contributed by atoms with Gasteiger partial charge in [-0.25, -0.2) is 0 Å². The van der Waals surface area contributed by atoms with Crippen LogP contribution in [0.15, 0.2) is 84.9 Å². The van der Waals surface area contributed by atoms with E-state index >= 15 is 0 Å². The Morgan fingerprint density at radius 3 is 1.83 bits per heavy atom. The van der Waals surface area contributed by atoms with Crippen LogP contribution in [0.25, 0.3) is 0 Å². The molecule has 0 aliphatic heterocycles. The van der Waals surface area contributed by atoms with Crippen LogP contribution in [0.3, 0.4) is 0 Å². The Balaban J connectivity index is 1.71. The molecule has 0 bridgehead atoms. The molecule has 3 rings (SSSR count). The third-order valence-corrected chi connectivity index (χ3v) is 4.89. The average Bonchev–Trinajstić information content (AvgIpc) is 2.74. The van der Waals surface area contributed by atoms with Crippen LogP contribution < -0.4 is 10.2 Å². The van der Waals surface area contributed by atoms with Gasteiger partial charge in [0.15, 0.2) is 0 Å². The van der Waals surface area contributed by atoms with E-state index in [4.69, 9.17) is 0 Å². The Morgan fingerprint density at radius 1 is 0.828 bits per heavy atom. The number of carbonyl (C=O) groups excluding carboxylic acids is 2. The van der Waals surface area contributed by atoms with E-state index in [2.05, 4.69) is 5.32 Å². The second kappa shape index (κ2) is 9.69. The summed E-state index contributed by atoms with van der Waals surface area (Å²) >= 11 is 0. The van der Waals surface area contributed by atoms with Crippen molar-refractivity contribution >= 4 is 17.5 Å². The van der Waals surface area contributed by atoms with Gasteiger partial charge in [-0.2, -0.15) is 0 Å². The Morgan fingerprint density at radius 2 is 1.34 bits per heavy atom. The summed E-state index contributed by atoms with van der Waals surface area (Å²) in [6, 6.07) is 27.3.